The molecule has 0 atom stereocenters. The molecule has 0 aliphatic heterocycles. The van der Waals surface area contributed by atoms with Crippen LogP contribution in [-0.4, -0.2) is 19.0 Å². The molecule has 1 N–H and O–H groups in total. The highest BCUT2D eigenvalue weighted by Crippen LogP contribution is 2.46. The molecular formula is C15H19NO3. The van der Waals surface area contributed by atoms with Crippen molar-refractivity contribution in [3.63, 3.8) is 0 Å². The van der Waals surface area contributed by atoms with Gasteiger partial charge in [0.05, 0.1) is 7.11 Å². The molecule has 1 fully saturated rings. The fourth-order valence-electron chi connectivity index (χ4n) is 2.23. The topological polar surface area (TPSA) is 55.4 Å². The monoisotopic (exact) mass is 261 g/mol. The van der Waals surface area contributed by atoms with E-state index in [1.54, 1.807) is 0 Å². The Balaban J connectivity index is 1.99. The lowest BCUT2D eigenvalue weighted by Crippen LogP contribution is -2.37. The molecule has 0 unspecified atom stereocenters. The first-order chi connectivity index (χ1) is 8.99. The molecule has 0 aromatic heterocycles. The summed E-state index contributed by atoms with van der Waals surface area (Å²) < 4.78 is 4.69. The fraction of sp³-hybridized carbons (Fsp3) is 0.467. The molecule has 1 aromatic carbocycles. The van der Waals surface area contributed by atoms with E-state index in [0.717, 1.165) is 11.1 Å². The summed E-state index contributed by atoms with van der Waals surface area (Å²) in [5, 5.41) is 2.84. The van der Waals surface area contributed by atoms with Crippen LogP contribution in [0.15, 0.2) is 18.2 Å². The number of rotatable bonds is 4. The number of esters is 1. The molecule has 19 heavy (non-hydrogen) atoms. The third-order valence-electron chi connectivity index (χ3n) is 3.70. The molecule has 1 saturated carbocycles. The largest absolute Gasteiger partial charge is 0.468 e. The lowest BCUT2D eigenvalue weighted by Gasteiger charge is -2.14. The van der Waals surface area contributed by atoms with Gasteiger partial charge in [-0.15, -0.1) is 0 Å². The predicted molar refractivity (Wildman–Crippen MR) is 71.4 cm³/mol. The van der Waals surface area contributed by atoms with Gasteiger partial charge >= 0.3 is 5.97 Å². The lowest BCUT2D eigenvalue weighted by atomic mass is 10.0. The first kappa shape index (κ1) is 13.6. The minimum atomic E-state index is -0.923. The average Bonchev–Trinajstić information content (AvgIpc) is 3.18. The van der Waals surface area contributed by atoms with Crippen LogP contribution in [0.5, 0.6) is 0 Å². The molecular weight excluding hydrogens is 242 g/mol. The van der Waals surface area contributed by atoms with Crippen molar-refractivity contribution in [1.82, 2.24) is 5.32 Å². The van der Waals surface area contributed by atoms with Crippen molar-refractivity contribution in [2.45, 2.75) is 33.2 Å². The standard InChI is InChI=1S/C15H19NO3/c1-10-4-5-12(11(2)8-10)9-16-13(17)15(6-7-15)14(18)19-3/h4-5,8H,6-7,9H2,1-3H3,(H,16,17). The molecule has 1 aliphatic carbocycles. The molecule has 2 rings (SSSR count). The minimum Gasteiger partial charge on any atom is -0.468 e. The van der Waals surface area contributed by atoms with Gasteiger partial charge in [-0.2, -0.15) is 0 Å². The van der Waals surface area contributed by atoms with Crippen LogP contribution in [0.2, 0.25) is 0 Å². The summed E-state index contributed by atoms with van der Waals surface area (Å²) in [5.74, 6) is -0.648. The second kappa shape index (κ2) is 5.03. The maximum Gasteiger partial charge on any atom is 0.321 e. The number of methoxy groups -OCH3 is 1. The molecule has 0 saturated heterocycles. The Morgan fingerprint density at radius 2 is 2.00 bits per heavy atom. The smallest absolute Gasteiger partial charge is 0.321 e. The number of benzene rings is 1. The molecule has 4 nitrogen and oxygen atoms in total. The summed E-state index contributed by atoms with van der Waals surface area (Å²) in [6.45, 7) is 4.50. The Hall–Kier alpha value is -1.84. The Bertz CT molecular complexity index is 518. The van der Waals surface area contributed by atoms with Crippen LogP contribution >= 0.6 is 0 Å². The average molecular weight is 261 g/mol. The first-order valence-corrected chi connectivity index (χ1v) is 6.42. The van der Waals surface area contributed by atoms with E-state index in [4.69, 9.17) is 4.74 Å². The number of hydrogen-bond acceptors (Lipinski definition) is 3. The van der Waals surface area contributed by atoms with E-state index in [-0.39, 0.29) is 5.91 Å². The Kier molecular flexibility index (Phi) is 3.60. The summed E-state index contributed by atoms with van der Waals surface area (Å²) in [6, 6.07) is 6.10. The highest BCUT2D eigenvalue weighted by molar-refractivity contribution is 6.05. The van der Waals surface area contributed by atoms with Gasteiger partial charge in [-0.1, -0.05) is 23.8 Å². The number of carbonyl (C=O) groups excluding carboxylic acids is 2. The molecule has 0 heterocycles. The zero-order chi connectivity index (χ0) is 14.0. The highest BCUT2D eigenvalue weighted by atomic mass is 16.5. The van der Waals surface area contributed by atoms with Crippen LogP contribution in [0.4, 0.5) is 0 Å². The zero-order valence-electron chi connectivity index (χ0n) is 11.6. The van der Waals surface area contributed by atoms with E-state index in [1.807, 2.05) is 26.0 Å². The Morgan fingerprint density at radius 3 is 2.53 bits per heavy atom. The second-order valence-corrected chi connectivity index (χ2v) is 5.19. The van der Waals surface area contributed by atoms with Crippen LogP contribution in [0.1, 0.15) is 29.5 Å². The van der Waals surface area contributed by atoms with Crippen molar-refractivity contribution < 1.29 is 14.3 Å². The van der Waals surface area contributed by atoms with Gasteiger partial charge in [-0.25, -0.2) is 0 Å². The van der Waals surface area contributed by atoms with Crippen molar-refractivity contribution in [3.05, 3.63) is 34.9 Å². The minimum absolute atomic E-state index is 0.223. The van der Waals surface area contributed by atoms with Crippen molar-refractivity contribution >= 4 is 11.9 Å². The van der Waals surface area contributed by atoms with E-state index in [0.29, 0.717) is 19.4 Å². The van der Waals surface area contributed by atoms with Gasteiger partial charge in [0.1, 0.15) is 5.41 Å². The van der Waals surface area contributed by atoms with Gasteiger partial charge in [-0.05, 0) is 37.8 Å². The maximum atomic E-state index is 12.1. The van der Waals surface area contributed by atoms with Gasteiger partial charge in [0.15, 0.2) is 0 Å². The number of ether oxygens (including phenoxy) is 1. The number of hydrogen-bond donors (Lipinski definition) is 1. The molecule has 4 heteroatoms. The van der Waals surface area contributed by atoms with Crippen LogP contribution in [0, 0.1) is 19.3 Å². The van der Waals surface area contributed by atoms with E-state index in [1.165, 1.54) is 12.7 Å². The highest BCUT2D eigenvalue weighted by Gasteiger charge is 2.57. The van der Waals surface area contributed by atoms with Gasteiger partial charge < -0.3 is 10.1 Å². The SMILES string of the molecule is COC(=O)C1(C(=O)NCc2ccc(C)cc2C)CC1. The third kappa shape index (κ3) is 2.62. The van der Waals surface area contributed by atoms with Crippen LogP contribution in [-0.2, 0) is 20.9 Å². The third-order valence-corrected chi connectivity index (χ3v) is 3.70. The molecule has 102 valence electrons. The Labute approximate surface area is 113 Å². The summed E-state index contributed by atoms with van der Waals surface area (Å²) in [4.78, 5) is 23.6. The molecule has 0 spiro atoms. The van der Waals surface area contributed by atoms with Crippen LogP contribution in [0.3, 0.4) is 0 Å². The second-order valence-electron chi connectivity index (χ2n) is 5.19. The van der Waals surface area contributed by atoms with Gasteiger partial charge in [0.25, 0.3) is 0 Å². The van der Waals surface area contributed by atoms with Gasteiger partial charge in [-0.3, -0.25) is 9.59 Å². The van der Waals surface area contributed by atoms with Gasteiger partial charge in [0, 0.05) is 6.54 Å². The summed E-state index contributed by atoms with van der Waals surface area (Å²) in [6.07, 6.45) is 1.16. The van der Waals surface area contributed by atoms with Crippen LogP contribution < -0.4 is 5.32 Å². The predicted octanol–water partition coefficient (Wildman–Crippen LogP) is 1.87. The molecule has 0 radical (unpaired) electrons. The number of amides is 1. The van der Waals surface area contributed by atoms with E-state index < -0.39 is 11.4 Å². The first-order valence-electron chi connectivity index (χ1n) is 6.42. The van der Waals surface area contributed by atoms with E-state index >= 15 is 0 Å². The van der Waals surface area contributed by atoms with Crippen molar-refractivity contribution in [3.8, 4) is 0 Å². The summed E-state index contributed by atoms with van der Waals surface area (Å²) >= 11 is 0. The van der Waals surface area contributed by atoms with Crippen molar-refractivity contribution in [1.29, 1.82) is 0 Å². The van der Waals surface area contributed by atoms with E-state index in [9.17, 15) is 9.59 Å². The zero-order valence-corrected chi connectivity index (χ0v) is 11.6. The van der Waals surface area contributed by atoms with Crippen LogP contribution in [0.25, 0.3) is 0 Å². The molecule has 0 bridgehead atoms. The number of nitrogens with one attached hydrogen (secondary N) is 1. The normalized spacial score (nSPS) is 15.7. The molecule has 1 amide bonds. The Morgan fingerprint density at radius 1 is 1.32 bits per heavy atom. The molecule has 1 aromatic rings. The van der Waals surface area contributed by atoms with E-state index in [2.05, 4.69) is 11.4 Å². The number of carbonyl (C=O) groups is 2. The molecule has 1 aliphatic rings. The van der Waals surface area contributed by atoms with Crippen molar-refractivity contribution in [2.75, 3.05) is 7.11 Å². The maximum absolute atomic E-state index is 12.1. The lowest BCUT2D eigenvalue weighted by molar-refractivity contribution is -0.152. The number of aryl methyl sites for hydroxylation is 2. The summed E-state index contributed by atoms with van der Waals surface area (Å²) in [7, 11) is 1.32. The van der Waals surface area contributed by atoms with Crippen molar-refractivity contribution in [2.24, 2.45) is 5.41 Å². The fourth-order valence-corrected chi connectivity index (χ4v) is 2.23. The summed E-state index contributed by atoms with van der Waals surface area (Å²) in [5.41, 5.74) is 2.48. The quantitative estimate of drug-likeness (QED) is 0.665. The van der Waals surface area contributed by atoms with Gasteiger partial charge in [0.2, 0.25) is 5.91 Å².